The Balaban J connectivity index is 2.24. The minimum atomic E-state index is -0.900. The largest absolute Gasteiger partial charge is 0.360 e. The van der Waals surface area contributed by atoms with Crippen LogP contribution in [-0.2, 0) is 4.74 Å². The smallest absolute Gasteiger partial charge is 0.145 e. The van der Waals surface area contributed by atoms with Gasteiger partial charge in [0.2, 0.25) is 0 Å². The molecule has 3 heteroatoms. The van der Waals surface area contributed by atoms with E-state index in [0.717, 1.165) is 19.4 Å². The molecule has 2 aliphatic rings. The van der Waals surface area contributed by atoms with Gasteiger partial charge in [-0.2, -0.15) is 0 Å². The summed E-state index contributed by atoms with van der Waals surface area (Å²) >= 11 is 0. The number of nitrogens with zero attached hydrogens (tertiary/aromatic N) is 1. The summed E-state index contributed by atoms with van der Waals surface area (Å²) in [5.74, 6) is 0. The molecule has 1 spiro atoms. The van der Waals surface area contributed by atoms with E-state index in [1.54, 1.807) is 0 Å². The number of rotatable bonds is 2. The van der Waals surface area contributed by atoms with Gasteiger partial charge in [0.25, 0.3) is 0 Å². The number of piperidine rings is 1. The van der Waals surface area contributed by atoms with Crippen LogP contribution in [0.2, 0.25) is 0 Å². The summed E-state index contributed by atoms with van der Waals surface area (Å²) in [5.41, 5.74) is 1.84. The van der Waals surface area contributed by atoms with Crippen molar-refractivity contribution in [3.05, 3.63) is 11.1 Å². The third-order valence-electron chi connectivity index (χ3n) is 4.74. The molecule has 2 nitrogen and oxygen atoms in total. The second kappa shape index (κ2) is 4.93. The van der Waals surface area contributed by atoms with E-state index >= 15 is 0 Å². The maximum Gasteiger partial charge on any atom is 0.145 e. The molecule has 0 amide bonds. The number of halogens is 1. The fourth-order valence-corrected chi connectivity index (χ4v) is 3.48. The Hall–Kier alpha value is -0.410. The normalized spacial score (nSPS) is 38.2. The van der Waals surface area contributed by atoms with E-state index in [1.807, 2.05) is 6.92 Å². The van der Waals surface area contributed by atoms with E-state index in [2.05, 4.69) is 32.6 Å². The van der Waals surface area contributed by atoms with Gasteiger partial charge in [0, 0.05) is 19.1 Å². The first-order chi connectivity index (χ1) is 8.42. The Bertz CT molecular complexity index is 352. The van der Waals surface area contributed by atoms with E-state index in [1.165, 1.54) is 11.1 Å². The van der Waals surface area contributed by atoms with Gasteiger partial charge in [0.05, 0.1) is 6.10 Å². The Morgan fingerprint density at radius 2 is 2.17 bits per heavy atom. The lowest BCUT2D eigenvalue weighted by atomic mass is 9.80. The van der Waals surface area contributed by atoms with Crippen molar-refractivity contribution >= 4 is 0 Å². The van der Waals surface area contributed by atoms with Crippen LogP contribution in [0.5, 0.6) is 0 Å². The summed E-state index contributed by atoms with van der Waals surface area (Å²) in [7, 11) is 0. The lowest BCUT2D eigenvalue weighted by Gasteiger charge is -2.44. The van der Waals surface area contributed by atoms with Gasteiger partial charge in [0.1, 0.15) is 11.8 Å². The number of alkyl halides is 1. The standard InChI is InChI=1S/C15H26FNO/c1-6-13-11(4)12(5)18-15(13)7-8-17(10(2)3)9-14(15)16/h10,12,14H,6-9H2,1-5H3. The maximum atomic E-state index is 14.7. The summed E-state index contributed by atoms with van der Waals surface area (Å²) in [5, 5.41) is 0. The van der Waals surface area contributed by atoms with E-state index in [-0.39, 0.29) is 6.10 Å². The molecule has 1 fully saturated rings. The monoisotopic (exact) mass is 255 g/mol. The Kier molecular flexibility index (Phi) is 3.84. The molecule has 0 aromatic carbocycles. The molecule has 2 aliphatic heterocycles. The number of likely N-dealkylation sites (tertiary alicyclic amines) is 1. The predicted molar refractivity (Wildman–Crippen MR) is 72.5 cm³/mol. The quantitative estimate of drug-likeness (QED) is 0.702. The average molecular weight is 255 g/mol. The fraction of sp³-hybridized carbons (Fsp3) is 0.867. The van der Waals surface area contributed by atoms with Gasteiger partial charge in [-0.05, 0) is 51.7 Å². The maximum absolute atomic E-state index is 14.7. The van der Waals surface area contributed by atoms with Gasteiger partial charge in [-0.25, -0.2) is 4.39 Å². The molecule has 0 N–H and O–H groups in total. The van der Waals surface area contributed by atoms with Crippen molar-refractivity contribution in [1.29, 1.82) is 0 Å². The molecule has 0 aromatic rings. The Morgan fingerprint density at radius 3 is 2.67 bits per heavy atom. The van der Waals surface area contributed by atoms with Crippen molar-refractivity contribution in [3.8, 4) is 0 Å². The van der Waals surface area contributed by atoms with E-state index in [0.29, 0.717) is 12.6 Å². The van der Waals surface area contributed by atoms with Gasteiger partial charge in [-0.15, -0.1) is 0 Å². The summed E-state index contributed by atoms with van der Waals surface area (Å²) in [6, 6.07) is 0.412. The minimum Gasteiger partial charge on any atom is -0.360 e. The summed E-state index contributed by atoms with van der Waals surface area (Å²) < 4.78 is 20.8. The lowest BCUT2D eigenvalue weighted by Crippen LogP contribution is -2.56. The van der Waals surface area contributed by atoms with Crippen molar-refractivity contribution in [2.24, 2.45) is 0 Å². The topological polar surface area (TPSA) is 12.5 Å². The van der Waals surface area contributed by atoms with E-state index < -0.39 is 11.8 Å². The van der Waals surface area contributed by atoms with Crippen LogP contribution in [0.25, 0.3) is 0 Å². The van der Waals surface area contributed by atoms with Crippen molar-refractivity contribution in [2.45, 2.75) is 71.4 Å². The highest BCUT2D eigenvalue weighted by molar-refractivity contribution is 5.33. The molecule has 0 aliphatic carbocycles. The average Bonchev–Trinajstić information content (AvgIpc) is 2.55. The number of hydrogen-bond acceptors (Lipinski definition) is 2. The molecule has 1 saturated heterocycles. The van der Waals surface area contributed by atoms with Crippen LogP contribution in [0.3, 0.4) is 0 Å². The third kappa shape index (κ3) is 2.01. The summed E-state index contributed by atoms with van der Waals surface area (Å²) in [4.78, 5) is 2.21. The van der Waals surface area contributed by atoms with E-state index in [9.17, 15) is 4.39 Å². The zero-order chi connectivity index (χ0) is 13.5. The van der Waals surface area contributed by atoms with Gasteiger partial charge >= 0.3 is 0 Å². The molecule has 0 aromatic heterocycles. The van der Waals surface area contributed by atoms with Crippen LogP contribution in [0.15, 0.2) is 11.1 Å². The zero-order valence-electron chi connectivity index (χ0n) is 12.3. The van der Waals surface area contributed by atoms with Gasteiger partial charge in [-0.3, -0.25) is 4.90 Å². The summed E-state index contributed by atoms with van der Waals surface area (Å²) in [6.45, 7) is 11.9. The SMILES string of the molecule is CCC1=C(C)C(C)OC12CCN(C(C)C)CC2F. The molecular weight excluding hydrogens is 229 g/mol. The molecule has 0 saturated carbocycles. The second-order valence-electron chi connectivity index (χ2n) is 5.97. The van der Waals surface area contributed by atoms with Crippen molar-refractivity contribution in [3.63, 3.8) is 0 Å². The zero-order valence-corrected chi connectivity index (χ0v) is 12.3. The van der Waals surface area contributed by atoms with Gasteiger partial charge < -0.3 is 4.74 Å². The van der Waals surface area contributed by atoms with Crippen LogP contribution >= 0.6 is 0 Å². The molecule has 104 valence electrons. The highest BCUT2D eigenvalue weighted by Crippen LogP contribution is 2.45. The predicted octanol–water partition coefficient (Wildman–Crippen LogP) is 3.32. The minimum absolute atomic E-state index is 0.0730. The van der Waals surface area contributed by atoms with Crippen molar-refractivity contribution < 1.29 is 9.13 Å². The Morgan fingerprint density at radius 1 is 1.50 bits per heavy atom. The number of hydrogen-bond donors (Lipinski definition) is 0. The van der Waals surface area contributed by atoms with Crippen LogP contribution in [-0.4, -0.2) is 41.9 Å². The van der Waals surface area contributed by atoms with E-state index in [4.69, 9.17) is 4.74 Å². The lowest BCUT2D eigenvalue weighted by molar-refractivity contribution is -0.113. The molecule has 2 rings (SSSR count). The molecule has 3 unspecified atom stereocenters. The summed E-state index contributed by atoms with van der Waals surface area (Å²) in [6.07, 6.45) is 0.863. The molecule has 0 radical (unpaired) electrons. The molecule has 2 heterocycles. The molecule has 3 atom stereocenters. The van der Waals surface area contributed by atoms with Crippen LogP contribution in [0, 0.1) is 0 Å². The first-order valence-corrected chi connectivity index (χ1v) is 7.18. The van der Waals surface area contributed by atoms with Crippen LogP contribution < -0.4 is 0 Å². The molecule has 18 heavy (non-hydrogen) atoms. The first kappa shape index (κ1) is 14.0. The third-order valence-corrected chi connectivity index (χ3v) is 4.74. The molecular formula is C15H26FNO. The number of ether oxygens (including phenoxy) is 1. The first-order valence-electron chi connectivity index (χ1n) is 7.18. The highest BCUT2D eigenvalue weighted by Gasteiger charge is 2.52. The fourth-order valence-electron chi connectivity index (χ4n) is 3.48. The van der Waals surface area contributed by atoms with Crippen LogP contribution in [0.1, 0.15) is 47.5 Å². The highest BCUT2D eigenvalue weighted by atomic mass is 19.1. The van der Waals surface area contributed by atoms with Crippen molar-refractivity contribution in [1.82, 2.24) is 4.90 Å². The van der Waals surface area contributed by atoms with Gasteiger partial charge in [0.15, 0.2) is 0 Å². The van der Waals surface area contributed by atoms with Crippen molar-refractivity contribution in [2.75, 3.05) is 13.1 Å². The Labute approximate surface area is 110 Å². The second-order valence-corrected chi connectivity index (χ2v) is 5.97. The molecule has 0 bridgehead atoms. The van der Waals surface area contributed by atoms with Crippen LogP contribution in [0.4, 0.5) is 4.39 Å². The van der Waals surface area contributed by atoms with Gasteiger partial charge in [-0.1, -0.05) is 6.92 Å².